The summed E-state index contributed by atoms with van der Waals surface area (Å²) in [5, 5.41) is 2.24. The Morgan fingerprint density at radius 2 is 1.47 bits per heavy atom. The minimum absolute atomic E-state index is 0.151. The molecule has 0 aliphatic rings. The maximum atomic E-state index is 12.3. The largest absolute Gasteiger partial charge is 0.426 e. The van der Waals surface area contributed by atoms with Crippen LogP contribution in [0.5, 0.6) is 5.75 Å². The first-order chi connectivity index (χ1) is 15.3. The van der Waals surface area contributed by atoms with Gasteiger partial charge in [-0.15, -0.1) is 0 Å². The van der Waals surface area contributed by atoms with E-state index in [0.717, 1.165) is 49.3 Å². The van der Waals surface area contributed by atoms with Crippen LogP contribution < -0.4 is 4.74 Å². The Morgan fingerprint density at radius 1 is 0.844 bits per heavy atom. The van der Waals surface area contributed by atoms with E-state index in [0.29, 0.717) is 18.1 Å². The van der Waals surface area contributed by atoms with Gasteiger partial charge in [-0.05, 0) is 95.0 Å². The number of fused-ring (bicyclic) bond motifs is 1. The van der Waals surface area contributed by atoms with Crippen molar-refractivity contribution in [2.45, 2.75) is 79.6 Å². The van der Waals surface area contributed by atoms with Crippen molar-refractivity contribution < 1.29 is 9.53 Å². The van der Waals surface area contributed by atoms with Crippen LogP contribution in [0.4, 0.5) is 0 Å². The van der Waals surface area contributed by atoms with Gasteiger partial charge in [0.25, 0.3) is 0 Å². The van der Waals surface area contributed by atoms with Crippen molar-refractivity contribution in [1.82, 2.24) is 0 Å². The number of hydrogen-bond acceptors (Lipinski definition) is 2. The quantitative estimate of drug-likeness (QED) is 0.190. The lowest BCUT2D eigenvalue weighted by molar-refractivity contribution is -0.135. The molecular formula is C30H40O2. The lowest BCUT2D eigenvalue weighted by Crippen LogP contribution is -2.12. The van der Waals surface area contributed by atoms with E-state index >= 15 is 0 Å². The van der Waals surface area contributed by atoms with Crippen LogP contribution in [0.25, 0.3) is 10.8 Å². The van der Waals surface area contributed by atoms with Crippen LogP contribution in [0.2, 0.25) is 0 Å². The van der Waals surface area contributed by atoms with E-state index in [1.165, 1.54) is 16.7 Å². The zero-order chi connectivity index (χ0) is 23.3. The van der Waals surface area contributed by atoms with E-state index in [2.05, 4.69) is 58.9 Å². The number of carbonyl (C=O) groups is 1. The fourth-order valence-corrected chi connectivity index (χ4v) is 3.74. The van der Waals surface area contributed by atoms with Crippen molar-refractivity contribution in [3.63, 3.8) is 0 Å². The summed E-state index contributed by atoms with van der Waals surface area (Å²) < 4.78 is 5.57. The van der Waals surface area contributed by atoms with Gasteiger partial charge in [0.05, 0.1) is 0 Å². The third kappa shape index (κ3) is 10.1. The number of rotatable bonds is 12. The molecule has 0 spiro atoms. The molecule has 0 saturated carbocycles. The molecule has 0 saturated heterocycles. The zero-order valence-corrected chi connectivity index (χ0v) is 20.6. The molecule has 0 aliphatic carbocycles. The number of esters is 1. The minimum atomic E-state index is -0.151. The van der Waals surface area contributed by atoms with Crippen molar-refractivity contribution in [3.05, 3.63) is 77.4 Å². The second-order valence-electron chi connectivity index (χ2n) is 9.33. The van der Waals surface area contributed by atoms with Gasteiger partial charge in [-0.1, -0.05) is 72.2 Å². The molecule has 0 unspecified atom stereocenters. The number of hydrogen-bond donors (Lipinski definition) is 0. The molecule has 0 bridgehead atoms. The molecule has 0 aromatic heterocycles. The lowest BCUT2D eigenvalue weighted by atomic mass is 10.00. The predicted octanol–water partition coefficient (Wildman–Crippen LogP) is 8.97. The van der Waals surface area contributed by atoms with Gasteiger partial charge in [0.2, 0.25) is 0 Å². The molecule has 0 heterocycles. The Balaban J connectivity index is 1.67. The summed E-state index contributed by atoms with van der Waals surface area (Å²) in [6.45, 7) is 10.9. The average molecular weight is 433 g/mol. The van der Waals surface area contributed by atoms with E-state index in [-0.39, 0.29) is 5.97 Å². The highest BCUT2D eigenvalue weighted by Gasteiger charge is 2.11. The molecular weight excluding hydrogens is 392 g/mol. The van der Waals surface area contributed by atoms with Crippen molar-refractivity contribution in [2.24, 2.45) is 5.92 Å². The fraction of sp³-hybridized carbons (Fsp3) is 0.433. The van der Waals surface area contributed by atoms with E-state index in [1.807, 2.05) is 36.4 Å². The van der Waals surface area contributed by atoms with Crippen molar-refractivity contribution in [2.75, 3.05) is 0 Å². The molecule has 0 radical (unpaired) electrons. The molecule has 0 amide bonds. The minimum Gasteiger partial charge on any atom is -0.426 e. The van der Waals surface area contributed by atoms with Gasteiger partial charge in [0, 0.05) is 6.42 Å². The first kappa shape index (κ1) is 25.6. The molecule has 2 nitrogen and oxygen atoms in total. The number of allylic oxidation sites excluding steroid dienone is 6. The predicted molar refractivity (Wildman–Crippen MR) is 138 cm³/mol. The highest BCUT2D eigenvalue weighted by Crippen LogP contribution is 2.22. The van der Waals surface area contributed by atoms with Gasteiger partial charge >= 0.3 is 5.97 Å². The Labute approximate surface area is 195 Å². The van der Waals surface area contributed by atoms with Crippen molar-refractivity contribution >= 4 is 16.7 Å². The summed E-state index contributed by atoms with van der Waals surface area (Å²) in [5.74, 6) is 0.785. The van der Waals surface area contributed by atoms with Crippen LogP contribution in [0.1, 0.15) is 79.6 Å². The van der Waals surface area contributed by atoms with Gasteiger partial charge in [0.1, 0.15) is 5.75 Å². The molecule has 0 fully saturated rings. The van der Waals surface area contributed by atoms with Crippen molar-refractivity contribution in [1.29, 1.82) is 0 Å². The SMILES string of the molecule is CC(C)=CCC/C(C)=C/CC/C(C)=C/CC[C@H](C)CC(=O)Oc1ccc2ccccc2c1. The fourth-order valence-electron chi connectivity index (χ4n) is 3.74. The monoisotopic (exact) mass is 432 g/mol. The topological polar surface area (TPSA) is 26.3 Å². The van der Waals surface area contributed by atoms with Crippen molar-refractivity contribution in [3.8, 4) is 5.75 Å². The summed E-state index contributed by atoms with van der Waals surface area (Å²) >= 11 is 0. The van der Waals surface area contributed by atoms with Crippen LogP contribution >= 0.6 is 0 Å². The van der Waals surface area contributed by atoms with E-state index in [4.69, 9.17) is 4.74 Å². The summed E-state index contributed by atoms with van der Waals surface area (Å²) in [7, 11) is 0. The summed E-state index contributed by atoms with van der Waals surface area (Å²) in [6.07, 6.45) is 14.0. The Kier molecular flexibility index (Phi) is 11.0. The smallest absolute Gasteiger partial charge is 0.311 e. The van der Waals surface area contributed by atoms with Gasteiger partial charge < -0.3 is 4.74 Å². The molecule has 2 aromatic carbocycles. The maximum Gasteiger partial charge on any atom is 0.311 e. The highest BCUT2D eigenvalue weighted by molar-refractivity contribution is 5.84. The Morgan fingerprint density at radius 3 is 2.16 bits per heavy atom. The van der Waals surface area contributed by atoms with E-state index < -0.39 is 0 Å². The first-order valence-electron chi connectivity index (χ1n) is 12.0. The summed E-state index contributed by atoms with van der Waals surface area (Å²) in [4.78, 5) is 12.3. The second-order valence-corrected chi connectivity index (χ2v) is 9.33. The van der Waals surface area contributed by atoms with Gasteiger partial charge in [-0.25, -0.2) is 0 Å². The molecule has 1 atom stereocenters. The maximum absolute atomic E-state index is 12.3. The van der Waals surface area contributed by atoms with E-state index in [1.54, 1.807) is 0 Å². The van der Waals surface area contributed by atoms with E-state index in [9.17, 15) is 4.79 Å². The molecule has 2 aromatic rings. The van der Waals surface area contributed by atoms with Crippen LogP contribution in [0, 0.1) is 5.92 Å². The normalized spacial score (nSPS) is 13.2. The van der Waals surface area contributed by atoms with Crippen LogP contribution in [-0.2, 0) is 4.79 Å². The average Bonchev–Trinajstić information content (AvgIpc) is 2.73. The highest BCUT2D eigenvalue weighted by atomic mass is 16.5. The van der Waals surface area contributed by atoms with Crippen LogP contribution in [0.3, 0.4) is 0 Å². The summed E-state index contributed by atoms with van der Waals surface area (Å²) in [6, 6.07) is 13.9. The number of carbonyl (C=O) groups excluding carboxylic acids is 1. The molecule has 2 heteroatoms. The second kappa shape index (κ2) is 13.7. The molecule has 32 heavy (non-hydrogen) atoms. The van der Waals surface area contributed by atoms with Gasteiger partial charge in [0.15, 0.2) is 0 Å². The van der Waals surface area contributed by atoms with Crippen LogP contribution in [0.15, 0.2) is 77.4 Å². The van der Waals surface area contributed by atoms with Crippen LogP contribution in [-0.4, -0.2) is 5.97 Å². The summed E-state index contributed by atoms with van der Waals surface area (Å²) in [5.41, 5.74) is 4.31. The third-order valence-corrected chi connectivity index (χ3v) is 5.74. The third-order valence-electron chi connectivity index (χ3n) is 5.74. The lowest BCUT2D eigenvalue weighted by Gasteiger charge is -2.11. The zero-order valence-electron chi connectivity index (χ0n) is 20.6. The number of benzene rings is 2. The molecule has 2 rings (SSSR count). The molecule has 172 valence electrons. The molecule has 0 aliphatic heterocycles. The Bertz CT molecular complexity index is 958. The molecule has 0 N–H and O–H groups in total. The Hall–Kier alpha value is -2.61. The van der Waals surface area contributed by atoms with Gasteiger partial charge in [-0.2, -0.15) is 0 Å². The first-order valence-corrected chi connectivity index (χ1v) is 12.0. The van der Waals surface area contributed by atoms with Gasteiger partial charge in [-0.3, -0.25) is 4.79 Å². The number of ether oxygens (including phenoxy) is 1. The standard InChI is InChI=1S/C30H40O2/c1-23(2)11-8-12-24(3)13-9-14-25(4)15-10-16-26(5)21-30(31)32-29-20-19-27-17-6-7-18-28(27)22-29/h6-7,11,13,15,17-20,22,26H,8-10,12,14,16,21H2,1-5H3/b24-13+,25-15+/t26-/m0/s1.